The second-order valence-corrected chi connectivity index (χ2v) is 10.5. The zero-order chi connectivity index (χ0) is 28.6. The number of hydrogen-bond acceptors (Lipinski definition) is 7. The summed E-state index contributed by atoms with van der Waals surface area (Å²) in [5.74, 6) is 0.510. The maximum Gasteiger partial charge on any atom is 0.338 e. The Morgan fingerprint density at radius 2 is 1.75 bits per heavy atom. The van der Waals surface area contributed by atoms with Crippen LogP contribution in [0.15, 0.2) is 66.9 Å². The summed E-state index contributed by atoms with van der Waals surface area (Å²) in [7, 11) is 1.54. The maximum atomic E-state index is 13.3. The molecule has 1 aliphatic rings. The van der Waals surface area contributed by atoms with Crippen LogP contribution in [0, 0.1) is 0 Å². The Balaban J connectivity index is 1.36. The highest BCUT2D eigenvalue weighted by atomic mass is 16.6. The van der Waals surface area contributed by atoms with Crippen LogP contribution >= 0.6 is 0 Å². The normalized spacial score (nSPS) is 14.5. The largest absolute Gasteiger partial charge is 0.497 e. The van der Waals surface area contributed by atoms with Crippen molar-refractivity contribution in [1.82, 2.24) is 9.88 Å². The van der Waals surface area contributed by atoms with E-state index in [9.17, 15) is 14.4 Å². The van der Waals surface area contributed by atoms with Crippen molar-refractivity contribution in [2.45, 2.75) is 39.5 Å². The molecule has 1 N–H and O–H groups in total. The number of fused-ring (bicyclic) bond motifs is 2. The summed E-state index contributed by atoms with van der Waals surface area (Å²) in [6.07, 6.45) is 0.736. The summed E-state index contributed by atoms with van der Waals surface area (Å²) in [6, 6.07) is 17.8. The van der Waals surface area contributed by atoms with Gasteiger partial charge >= 0.3 is 5.97 Å². The Kier molecular flexibility index (Phi) is 6.97. The third kappa shape index (κ3) is 5.49. The summed E-state index contributed by atoms with van der Waals surface area (Å²) >= 11 is 0. The monoisotopic (exact) mass is 542 g/mol. The van der Waals surface area contributed by atoms with E-state index in [-0.39, 0.29) is 12.5 Å². The van der Waals surface area contributed by atoms with Gasteiger partial charge in [-0.1, -0.05) is 18.2 Å². The van der Waals surface area contributed by atoms with Gasteiger partial charge in [0.1, 0.15) is 18.0 Å². The van der Waals surface area contributed by atoms with E-state index in [0.717, 1.165) is 11.1 Å². The van der Waals surface area contributed by atoms with Crippen molar-refractivity contribution in [3.05, 3.63) is 78.0 Å². The fraction of sp³-hybridized carbons (Fsp3) is 0.258. The van der Waals surface area contributed by atoms with Crippen LogP contribution in [0.25, 0.3) is 22.0 Å². The molecular formula is C31H30N2O7. The highest BCUT2D eigenvalue weighted by molar-refractivity contribution is 6.09. The van der Waals surface area contributed by atoms with Crippen molar-refractivity contribution >= 4 is 28.7 Å². The van der Waals surface area contributed by atoms with Gasteiger partial charge in [-0.15, -0.1) is 0 Å². The number of hydrogen-bond donors (Lipinski definition) is 1. The Labute approximate surface area is 231 Å². The van der Waals surface area contributed by atoms with Crippen LogP contribution in [-0.4, -0.2) is 47.9 Å². The van der Waals surface area contributed by atoms with Gasteiger partial charge in [0.25, 0.3) is 5.91 Å². The van der Waals surface area contributed by atoms with Crippen LogP contribution in [0.3, 0.4) is 0 Å². The Morgan fingerprint density at radius 3 is 2.48 bits per heavy atom. The highest BCUT2D eigenvalue weighted by Gasteiger charge is 2.26. The third-order valence-electron chi connectivity index (χ3n) is 6.32. The zero-order valence-corrected chi connectivity index (χ0v) is 22.9. The molecule has 2 heterocycles. The number of nitrogens with zero attached hydrogens (tertiary/aromatic N) is 1. The molecule has 9 heteroatoms. The molecule has 0 saturated heterocycles. The lowest BCUT2D eigenvalue weighted by Crippen LogP contribution is -2.45. The Morgan fingerprint density at radius 1 is 0.975 bits per heavy atom. The molecule has 1 aliphatic heterocycles. The molecule has 0 saturated carbocycles. The van der Waals surface area contributed by atoms with E-state index < -0.39 is 23.7 Å². The van der Waals surface area contributed by atoms with Crippen molar-refractivity contribution in [3.8, 4) is 28.4 Å². The molecule has 0 aliphatic carbocycles. The van der Waals surface area contributed by atoms with Gasteiger partial charge in [-0.2, -0.15) is 0 Å². The first-order valence-corrected chi connectivity index (χ1v) is 12.8. The van der Waals surface area contributed by atoms with Crippen LogP contribution < -0.4 is 19.5 Å². The van der Waals surface area contributed by atoms with Crippen molar-refractivity contribution < 1.29 is 33.3 Å². The van der Waals surface area contributed by atoms with Gasteiger partial charge in [-0.05, 0) is 74.4 Å². The van der Waals surface area contributed by atoms with Crippen molar-refractivity contribution in [1.29, 1.82) is 0 Å². The number of esters is 1. The maximum absolute atomic E-state index is 13.3. The summed E-state index contributed by atoms with van der Waals surface area (Å²) in [6.45, 7) is 7.00. The van der Waals surface area contributed by atoms with Crippen LogP contribution in [0.1, 0.15) is 53.2 Å². The standard InChI is InChI=1S/C31H30N2O7/c1-18(34)33-16-24(23-15-22(37-5)10-11-25(23)33)29(35)32-28-17-38-26-12-9-20(14-27(26)39-28)19-7-6-8-21(13-19)30(36)40-31(2,3)4/h6-16,28H,17H2,1-5H3,(H,32,35). The van der Waals surface area contributed by atoms with Gasteiger partial charge in [0.2, 0.25) is 12.1 Å². The first kappa shape index (κ1) is 26.8. The molecule has 1 unspecified atom stereocenters. The van der Waals surface area contributed by atoms with Crippen LogP contribution in [-0.2, 0) is 4.74 Å². The molecule has 9 nitrogen and oxygen atoms in total. The topological polar surface area (TPSA) is 105 Å². The summed E-state index contributed by atoms with van der Waals surface area (Å²) in [5, 5.41) is 3.43. The molecule has 0 spiro atoms. The van der Waals surface area contributed by atoms with E-state index in [1.807, 2.05) is 32.9 Å². The minimum absolute atomic E-state index is 0.0981. The van der Waals surface area contributed by atoms with Gasteiger partial charge in [-0.25, -0.2) is 4.79 Å². The van der Waals surface area contributed by atoms with Gasteiger partial charge < -0.3 is 24.3 Å². The van der Waals surface area contributed by atoms with Gasteiger partial charge in [-0.3, -0.25) is 14.2 Å². The number of carbonyl (C=O) groups excluding carboxylic acids is 3. The predicted octanol–water partition coefficient (Wildman–Crippen LogP) is 5.46. The molecular weight excluding hydrogens is 512 g/mol. The molecule has 206 valence electrons. The number of methoxy groups -OCH3 is 1. The second kappa shape index (κ2) is 10.4. The lowest BCUT2D eigenvalue weighted by atomic mass is 10.0. The molecule has 0 fully saturated rings. The number of rotatable bonds is 5. The molecule has 3 aromatic carbocycles. The number of benzene rings is 3. The second-order valence-electron chi connectivity index (χ2n) is 10.5. The first-order valence-electron chi connectivity index (χ1n) is 12.8. The van der Waals surface area contributed by atoms with Crippen LogP contribution in [0.4, 0.5) is 0 Å². The number of carbonyl (C=O) groups is 3. The fourth-order valence-electron chi connectivity index (χ4n) is 4.49. The predicted molar refractivity (Wildman–Crippen MR) is 149 cm³/mol. The fourth-order valence-corrected chi connectivity index (χ4v) is 4.49. The summed E-state index contributed by atoms with van der Waals surface area (Å²) < 4.78 is 24.2. The van der Waals surface area contributed by atoms with E-state index in [0.29, 0.717) is 39.3 Å². The summed E-state index contributed by atoms with van der Waals surface area (Å²) in [5.41, 5.74) is 2.35. The van der Waals surface area contributed by atoms with Gasteiger partial charge in [0.15, 0.2) is 11.5 Å². The third-order valence-corrected chi connectivity index (χ3v) is 6.32. The van der Waals surface area contributed by atoms with E-state index in [1.54, 1.807) is 48.5 Å². The molecule has 1 amide bonds. The average Bonchev–Trinajstić information content (AvgIpc) is 3.31. The highest BCUT2D eigenvalue weighted by Crippen LogP contribution is 2.36. The molecule has 0 bridgehead atoms. The quantitative estimate of drug-likeness (QED) is 0.334. The first-order chi connectivity index (χ1) is 19.0. The average molecular weight is 543 g/mol. The Hall–Kier alpha value is -4.79. The lowest BCUT2D eigenvalue weighted by Gasteiger charge is -2.27. The van der Waals surface area contributed by atoms with E-state index in [4.69, 9.17) is 18.9 Å². The minimum atomic E-state index is -0.773. The molecule has 40 heavy (non-hydrogen) atoms. The zero-order valence-electron chi connectivity index (χ0n) is 22.9. The molecule has 5 rings (SSSR count). The van der Waals surface area contributed by atoms with Gasteiger partial charge in [0, 0.05) is 18.5 Å². The van der Waals surface area contributed by atoms with Crippen LogP contribution in [0.5, 0.6) is 17.2 Å². The summed E-state index contributed by atoms with van der Waals surface area (Å²) in [4.78, 5) is 38.0. The number of nitrogens with one attached hydrogen (secondary N) is 1. The minimum Gasteiger partial charge on any atom is -0.497 e. The number of aromatic nitrogens is 1. The lowest BCUT2D eigenvalue weighted by molar-refractivity contribution is 0.00692. The van der Waals surface area contributed by atoms with Crippen molar-refractivity contribution in [2.75, 3.05) is 13.7 Å². The SMILES string of the molecule is COc1ccc2c(c1)c(C(=O)NC1COc3ccc(-c4cccc(C(=O)OC(C)(C)C)c4)cc3O1)cn2C(C)=O. The smallest absolute Gasteiger partial charge is 0.338 e. The molecule has 0 radical (unpaired) electrons. The van der Waals surface area contributed by atoms with Gasteiger partial charge in [0.05, 0.1) is 23.8 Å². The van der Waals surface area contributed by atoms with E-state index in [1.165, 1.54) is 24.8 Å². The van der Waals surface area contributed by atoms with E-state index >= 15 is 0 Å². The number of amides is 1. The van der Waals surface area contributed by atoms with Crippen molar-refractivity contribution in [3.63, 3.8) is 0 Å². The van der Waals surface area contributed by atoms with Crippen LogP contribution in [0.2, 0.25) is 0 Å². The van der Waals surface area contributed by atoms with E-state index in [2.05, 4.69) is 5.32 Å². The molecule has 1 aromatic heterocycles. The number of ether oxygens (including phenoxy) is 4. The Bertz CT molecular complexity index is 1630. The molecule has 1 atom stereocenters. The van der Waals surface area contributed by atoms with Crippen molar-refractivity contribution in [2.24, 2.45) is 0 Å². The molecule has 4 aromatic rings.